The monoisotopic (exact) mass is 211 g/mol. The lowest BCUT2D eigenvalue weighted by molar-refractivity contribution is 1.38. The normalized spacial score (nSPS) is 9.60. The van der Waals surface area contributed by atoms with Crippen LogP contribution in [0.4, 0.5) is 0 Å². The Morgan fingerprint density at radius 2 is 1.67 bits per heavy atom. The minimum Gasteiger partial charge on any atom is -0.192 e. The summed E-state index contributed by atoms with van der Waals surface area (Å²) in [4.78, 5) is 0.721. The van der Waals surface area contributed by atoms with Crippen molar-refractivity contribution in [3.63, 3.8) is 0 Å². The van der Waals surface area contributed by atoms with E-state index in [1.54, 1.807) is 6.07 Å². The molecule has 0 atom stereocenters. The van der Waals surface area contributed by atoms with Crippen molar-refractivity contribution in [1.82, 2.24) is 0 Å². The first-order valence-corrected chi connectivity index (χ1v) is 5.04. The Hall–Kier alpha value is -1.72. The van der Waals surface area contributed by atoms with E-state index in [2.05, 4.69) is 18.7 Å². The third kappa shape index (κ3) is 2.03. The van der Waals surface area contributed by atoms with E-state index in [0.29, 0.717) is 5.56 Å². The highest BCUT2D eigenvalue weighted by Gasteiger charge is 2.01. The van der Waals surface area contributed by atoms with Crippen molar-refractivity contribution < 1.29 is 0 Å². The molecule has 0 radical (unpaired) electrons. The third-order valence-electron chi connectivity index (χ3n) is 2.23. The van der Waals surface area contributed by atoms with Crippen molar-refractivity contribution in [3.05, 3.63) is 54.1 Å². The van der Waals surface area contributed by atoms with Crippen LogP contribution in [0.15, 0.2) is 53.4 Å². The maximum Gasteiger partial charge on any atom is 0.100 e. The average Bonchev–Trinajstić information content (AvgIpc) is 2.30. The molecule has 0 aliphatic rings. The topological polar surface area (TPSA) is 23.8 Å². The average molecular weight is 211 g/mol. The molecule has 0 heterocycles. The van der Waals surface area contributed by atoms with Crippen LogP contribution in [0.3, 0.4) is 0 Å². The van der Waals surface area contributed by atoms with Crippen LogP contribution in [-0.4, -0.2) is 0 Å². The molecule has 0 N–H and O–H groups in total. The molecular formula is C13H9NS. The fraction of sp³-hybridized carbons (Fsp3) is 0. The summed E-state index contributed by atoms with van der Waals surface area (Å²) in [5, 5.41) is 8.78. The second-order valence-electron chi connectivity index (χ2n) is 3.21. The van der Waals surface area contributed by atoms with E-state index in [0.717, 1.165) is 16.0 Å². The predicted octanol–water partition coefficient (Wildman–Crippen LogP) is 3.51. The van der Waals surface area contributed by atoms with Crippen molar-refractivity contribution in [3.8, 4) is 17.2 Å². The summed E-state index contributed by atoms with van der Waals surface area (Å²) in [5.41, 5.74) is 2.83. The summed E-state index contributed by atoms with van der Waals surface area (Å²) in [5.74, 6) is 0. The molecule has 0 bridgehead atoms. The largest absolute Gasteiger partial charge is 0.192 e. The highest BCUT2D eigenvalue weighted by atomic mass is 32.1. The van der Waals surface area contributed by atoms with Crippen molar-refractivity contribution in [2.45, 2.75) is 4.90 Å². The van der Waals surface area contributed by atoms with E-state index >= 15 is 0 Å². The minimum absolute atomic E-state index is 0.609. The summed E-state index contributed by atoms with van der Waals surface area (Å²) in [6, 6.07) is 17.8. The molecule has 0 spiro atoms. The van der Waals surface area contributed by atoms with Crippen LogP contribution in [0.2, 0.25) is 0 Å². The SMILES string of the molecule is N#Cc1ccc(-c2ccccc2)cc1S. The van der Waals surface area contributed by atoms with Crippen molar-refractivity contribution in [2.24, 2.45) is 0 Å². The Labute approximate surface area is 94.4 Å². The summed E-state index contributed by atoms with van der Waals surface area (Å²) in [7, 11) is 0. The molecule has 72 valence electrons. The molecule has 0 fully saturated rings. The summed E-state index contributed by atoms with van der Waals surface area (Å²) >= 11 is 4.28. The number of hydrogen-bond acceptors (Lipinski definition) is 2. The second kappa shape index (κ2) is 4.20. The van der Waals surface area contributed by atoms with Crippen LogP contribution in [0.1, 0.15) is 5.56 Å². The van der Waals surface area contributed by atoms with Gasteiger partial charge in [0.2, 0.25) is 0 Å². The fourth-order valence-corrected chi connectivity index (χ4v) is 1.70. The molecule has 2 heteroatoms. The van der Waals surface area contributed by atoms with E-state index in [-0.39, 0.29) is 0 Å². The van der Waals surface area contributed by atoms with Gasteiger partial charge in [-0.15, -0.1) is 12.6 Å². The molecule has 2 rings (SSSR count). The van der Waals surface area contributed by atoms with Gasteiger partial charge in [-0.25, -0.2) is 0 Å². The van der Waals surface area contributed by atoms with E-state index < -0.39 is 0 Å². The first-order chi connectivity index (χ1) is 7.31. The van der Waals surface area contributed by atoms with Gasteiger partial charge in [-0.3, -0.25) is 0 Å². The Kier molecular flexibility index (Phi) is 2.75. The van der Waals surface area contributed by atoms with Gasteiger partial charge in [0.1, 0.15) is 6.07 Å². The van der Waals surface area contributed by atoms with Gasteiger partial charge in [0.05, 0.1) is 5.56 Å². The maximum absolute atomic E-state index is 8.78. The van der Waals surface area contributed by atoms with Gasteiger partial charge >= 0.3 is 0 Å². The van der Waals surface area contributed by atoms with Crippen LogP contribution in [0, 0.1) is 11.3 Å². The van der Waals surface area contributed by atoms with Gasteiger partial charge in [-0.2, -0.15) is 5.26 Å². The number of nitrogens with zero attached hydrogens (tertiary/aromatic N) is 1. The Balaban J connectivity index is 2.49. The van der Waals surface area contributed by atoms with Gasteiger partial charge in [0.15, 0.2) is 0 Å². The van der Waals surface area contributed by atoms with Gasteiger partial charge in [0, 0.05) is 4.90 Å². The van der Waals surface area contributed by atoms with Gasteiger partial charge in [-0.1, -0.05) is 36.4 Å². The molecule has 0 saturated heterocycles. The molecule has 0 aliphatic heterocycles. The fourth-order valence-electron chi connectivity index (χ4n) is 1.44. The molecule has 0 amide bonds. The van der Waals surface area contributed by atoms with Crippen LogP contribution in [-0.2, 0) is 0 Å². The number of thiol groups is 1. The maximum atomic E-state index is 8.78. The van der Waals surface area contributed by atoms with Gasteiger partial charge in [0.25, 0.3) is 0 Å². The van der Waals surface area contributed by atoms with Crippen molar-refractivity contribution >= 4 is 12.6 Å². The molecule has 2 aromatic carbocycles. The number of hydrogen-bond donors (Lipinski definition) is 1. The smallest absolute Gasteiger partial charge is 0.100 e. The number of benzene rings is 2. The number of rotatable bonds is 1. The molecule has 0 unspecified atom stereocenters. The quantitative estimate of drug-likeness (QED) is 0.717. The zero-order valence-electron chi connectivity index (χ0n) is 8.01. The highest BCUT2D eigenvalue weighted by Crippen LogP contribution is 2.23. The molecular weight excluding hydrogens is 202 g/mol. The predicted molar refractivity (Wildman–Crippen MR) is 63.8 cm³/mol. The second-order valence-corrected chi connectivity index (χ2v) is 3.69. The van der Waals surface area contributed by atoms with Crippen LogP contribution in [0.5, 0.6) is 0 Å². The zero-order valence-corrected chi connectivity index (χ0v) is 8.91. The summed E-state index contributed by atoms with van der Waals surface area (Å²) in [6.45, 7) is 0. The standard InChI is InChI=1S/C13H9NS/c14-9-12-7-6-11(8-13(12)15)10-4-2-1-3-5-10/h1-8,15H. The van der Waals surface area contributed by atoms with Crippen LogP contribution >= 0.6 is 12.6 Å². The molecule has 0 aliphatic carbocycles. The van der Waals surface area contributed by atoms with E-state index in [9.17, 15) is 0 Å². The Bertz CT molecular complexity index is 512. The Morgan fingerprint density at radius 3 is 2.27 bits per heavy atom. The summed E-state index contributed by atoms with van der Waals surface area (Å²) in [6.07, 6.45) is 0. The highest BCUT2D eigenvalue weighted by molar-refractivity contribution is 7.80. The Morgan fingerprint density at radius 1 is 0.933 bits per heavy atom. The third-order valence-corrected chi connectivity index (χ3v) is 2.60. The molecule has 1 nitrogen and oxygen atoms in total. The first kappa shape index (κ1) is 9.82. The van der Waals surface area contributed by atoms with E-state index in [1.807, 2.05) is 42.5 Å². The minimum atomic E-state index is 0.609. The van der Waals surface area contributed by atoms with Crippen LogP contribution < -0.4 is 0 Å². The number of nitriles is 1. The molecule has 2 aromatic rings. The van der Waals surface area contributed by atoms with Crippen molar-refractivity contribution in [2.75, 3.05) is 0 Å². The van der Waals surface area contributed by atoms with Crippen LogP contribution in [0.25, 0.3) is 11.1 Å². The first-order valence-electron chi connectivity index (χ1n) is 4.60. The molecule has 0 saturated carbocycles. The zero-order chi connectivity index (χ0) is 10.7. The van der Waals surface area contributed by atoms with E-state index in [4.69, 9.17) is 5.26 Å². The van der Waals surface area contributed by atoms with Crippen molar-refractivity contribution in [1.29, 1.82) is 5.26 Å². The lowest BCUT2D eigenvalue weighted by Gasteiger charge is -2.03. The lowest BCUT2D eigenvalue weighted by Crippen LogP contribution is -1.81. The molecule has 0 aromatic heterocycles. The van der Waals surface area contributed by atoms with Gasteiger partial charge < -0.3 is 0 Å². The summed E-state index contributed by atoms with van der Waals surface area (Å²) < 4.78 is 0. The lowest BCUT2D eigenvalue weighted by atomic mass is 10.0. The van der Waals surface area contributed by atoms with E-state index in [1.165, 1.54) is 0 Å². The van der Waals surface area contributed by atoms with Gasteiger partial charge in [-0.05, 0) is 23.3 Å². The molecule has 15 heavy (non-hydrogen) atoms.